The highest BCUT2D eigenvalue weighted by molar-refractivity contribution is 5.90. The van der Waals surface area contributed by atoms with E-state index in [1.807, 2.05) is 0 Å². The molecule has 0 aromatic rings. The number of rotatable bonds is 72. The molecule has 0 spiro atoms. The number of hydrogen-bond acceptors (Lipinski definition) is 7. The first kappa shape index (κ1) is 113. The van der Waals surface area contributed by atoms with Crippen LogP contribution in [-0.2, 0) is 28.7 Å². The van der Waals surface area contributed by atoms with Crippen molar-refractivity contribution in [1.82, 2.24) is 0 Å². The molecule has 6 fully saturated rings. The second-order valence-corrected chi connectivity index (χ2v) is 49.3. The van der Waals surface area contributed by atoms with Crippen LogP contribution in [0.4, 0.5) is 0 Å². The molecule has 8 aliphatic carbocycles. The highest BCUT2D eigenvalue weighted by Gasteiger charge is 2.62. The van der Waals surface area contributed by atoms with E-state index in [0.29, 0.717) is 34.5 Å². The standard InChI is InChI=1S/C123H221NO6/c1-17-23-29-35-39-43-47-51-57-69-103(101(67-55-49-33-27-21-5)97-83-87-120(13)99(91-97)73-75-107-111-79-77-109(95(11)65-61-63-93(7)8)122(111,15)89-85-113(107)120)105(71-59-53-45-41-37-31-25-19-3)117(126)129-116(125)82-81-115(124)119(128)130-118(127)106(72-60-54-46-42-38-32-26-20-4)104(70-58-52-48-44-40-36-30-24-18-2)102(68-56-50-34-28-22-6)98-84-88-121(14)100(92-98)74-76-108-112-80-78-110(96(12)66-62-64-94(9)10)123(112,16)90-86-114(108)121/h73-74,93-98,101-115H,17-72,75-92,124H2,1-16H3/t95-,96-,97+,98+,101?,102?,103?,104?,105?,106?,107+,108+,109-,110-,111+,112+,113+,114+,115?,120+,121+,122-,123-/m1/s1. The molecule has 2 N–H and O–H groups in total. The molecule has 0 heterocycles. The Morgan fingerprint density at radius 3 is 0.962 bits per heavy atom. The number of carbonyl (C=O) groups excluding carboxylic acids is 4. The number of hydrogen-bond donors (Lipinski definition) is 1. The molecule has 7 nitrogen and oxygen atoms in total. The quantitative estimate of drug-likeness (QED) is 0.0279. The maximum absolute atomic E-state index is 16.0. The molecule has 7 heteroatoms. The molecule has 0 aromatic carbocycles. The van der Waals surface area contributed by atoms with Gasteiger partial charge in [0.1, 0.15) is 6.04 Å². The molecule has 0 aliphatic heterocycles. The summed E-state index contributed by atoms with van der Waals surface area (Å²) < 4.78 is 12.8. The number of carbonyl (C=O) groups is 4. The molecule has 7 unspecified atom stereocenters. The van der Waals surface area contributed by atoms with E-state index in [-0.39, 0.29) is 53.4 Å². The Morgan fingerprint density at radius 1 is 0.323 bits per heavy atom. The number of fused-ring (bicyclic) bond motifs is 10. The fraction of sp³-hybridized carbons (Fsp3) is 0.935. The number of unbranched alkanes of at least 4 members (excludes halogenated alkanes) is 38. The summed E-state index contributed by atoms with van der Waals surface area (Å²) in [5, 5.41) is 0. The van der Waals surface area contributed by atoms with Crippen molar-refractivity contribution in [3.8, 4) is 0 Å². The van der Waals surface area contributed by atoms with Crippen LogP contribution in [0.3, 0.4) is 0 Å². The van der Waals surface area contributed by atoms with Gasteiger partial charge >= 0.3 is 23.9 Å². The van der Waals surface area contributed by atoms with Gasteiger partial charge in [0.15, 0.2) is 0 Å². The molecular weight excluding hydrogens is 1590 g/mol. The number of nitrogens with two attached hydrogens (primary N) is 1. The monoisotopic (exact) mass is 1810 g/mol. The van der Waals surface area contributed by atoms with E-state index in [4.69, 9.17) is 15.2 Å². The molecule has 8 aliphatic rings. The average Bonchev–Trinajstić information content (AvgIpc) is 1.48. The van der Waals surface area contributed by atoms with Gasteiger partial charge in [-0.15, -0.1) is 0 Å². The van der Waals surface area contributed by atoms with Gasteiger partial charge in [-0.2, -0.15) is 0 Å². The highest BCUT2D eigenvalue weighted by atomic mass is 16.6. The summed E-state index contributed by atoms with van der Waals surface area (Å²) in [6.07, 6.45) is 94.9. The van der Waals surface area contributed by atoms with Crippen molar-refractivity contribution in [2.45, 2.75) is 592 Å². The van der Waals surface area contributed by atoms with E-state index in [9.17, 15) is 4.79 Å². The fourth-order valence-corrected chi connectivity index (χ4v) is 31.4. The van der Waals surface area contributed by atoms with E-state index in [2.05, 4.69) is 123 Å². The lowest BCUT2D eigenvalue weighted by atomic mass is 9.46. The zero-order valence-corrected chi connectivity index (χ0v) is 89.6. The molecule has 0 aromatic heterocycles. The molecule has 6 saturated carbocycles. The van der Waals surface area contributed by atoms with E-state index in [1.54, 1.807) is 11.1 Å². The van der Waals surface area contributed by atoms with Gasteiger partial charge in [-0.05, 0) is 276 Å². The first-order valence-corrected chi connectivity index (χ1v) is 59.5. The zero-order chi connectivity index (χ0) is 93.7. The van der Waals surface area contributed by atoms with Crippen molar-refractivity contribution in [3.63, 3.8) is 0 Å². The average molecular weight is 1810 g/mol. The molecule has 0 radical (unpaired) electrons. The second-order valence-electron chi connectivity index (χ2n) is 49.3. The third kappa shape index (κ3) is 34.3. The van der Waals surface area contributed by atoms with Gasteiger partial charge in [0.2, 0.25) is 0 Å². The Bertz CT molecular complexity index is 3120. The number of ether oxygens (including phenoxy) is 2. The van der Waals surface area contributed by atoms with Gasteiger partial charge in [-0.25, -0.2) is 4.79 Å². The lowest BCUT2D eigenvalue weighted by Crippen LogP contribution is -2.51. The van der Waals surface area contributed by atoms with Gasteiger partial charge in [0.05, 0.1) is 11.8 Å². The van der Waals surface area contributed by atoms with Crippen LogP contribution in [0.1, 0.15) is 586 Å². The van der Waals surface area contributed by atoms with Crippen molar-refractivity contribution >= 4 is 23.9 Å². The minimum absolute atomic E-state index is 0.0278. The van der Waals surface area contributed by atoms with Crippen LogP contribution in [0.15, 0.2) is 23.3 Å². The first-order valence-electron chi connectivity index (χ1n) is 59.5. The van der Waals surface area contributed by atoms with E-state index >= 15 is 14.4 Å². The molecule has 0 saturated heterocycles. The van der Waals surface area contributed by atoms with Crippen LogP contribution in [0.5, 0.6) is 0 Å². The van der Waals surface area contributed by atoms with Gasteiger partial charge in [-0.3, -0.25) is 14.4 Å². The molecule has 8 rings (SSSR count). The third-order valence-electron chi connectivity index (χ3n) is 39.3. The summed E-state index contributed by atoms with van der Waals surface area (Å²) in [5.74, 6) is 8.92. The van der Waals surface area contributed by atoms with Gasteiger partial charge < -0.3 is 15.2 Å². The SMILES string of the molecule is CCCCCCCCCCCC(C(CCCCCCCCCC)C(=O)OC(=O)CCC(N)C(=O)OC(=O)C(CCCCCCCCCC)C(CCCCCCCCCCC)C(CCCCCCC)[C@H]1CC[C@@]2(C)C(=CC[C@H]3[C@@H]4CC[C@H]([C@H](C)CCCC(C)C)[C@@]4(C)CC[C@@H]32)C1)C(CCCCCCC)[C@H]1CC[C@@]2(C)C(=CC[C@H]3[C@@H]4CC[C@H]([C@H](C)CCCC(C)C)[C@@]4(C)CC[C@@H]32)C1. The predicted molar refractivity (Wildman–Crippen MR) is 558 cm³/mol. The smallest absolute Gasteiger partial charge is 0.330 e. The Balaban J connectivity index is 1.05. The van der Waals surface area contributed by atoms with Crippen molar-refractivity contribution in [1.29, 1.82) is 0 Å². The molecule has 23 atom stereocenters. The summed E-state index contributed by atoms with van der Waals surface area (Å²) in [6, 6.07) is -1.20. The molecule has 130 heavy (non-hydrogen) atoms. The van der Waals surface area contributed by atoms with Gasteiger partial charge in [0, 0.05) is 6.42 Å². The lowest BCUT2D eigenvalue weighted by molar-refractivity contribution is -0.166. The van der Waals surface area contributed by atoms with Crippen molar-refractivity contribution in [2.24, 2.45) is 146 Å². The Morgan fingerprint density at radius 2 is 0.631 bits per heavy atom. The molecule has 0 amide bonds. The third-order valence-corrected chi connectivity index (χ3v) is 39.3. The Labute approximate surface area is 808 Å². The first-order chi connectivity index (χ1) is 62.9. The van der Waals surface area contributed by atoms with Crippen molar-refractivity contribution in [3.05, 3.63) is 23.3 Å². The number of allylic oxidation sites excluding steroid dienone is 4. The normalized spacial score (nSPS) is 28.6. The Hall–Kier alpha value is -2.28. The number of esters is 4. The molecule has 754 valence electrons. The largest absolute Gasteiger partial charge is 0.393 e. The molecular formula is C123H221NO6. The summed E-state index contributed by atoms with van der Waals surface area (Å²) in [5.41, 5.74) is 12.0. The second kappa shape index (κ2) is 61.3. The summed E-state index contributed by atoms with van der Waals surface area (Å²) in [4.78, 5) is 61.9. The van der Waals surface area contributed by atoms with E-state index in [1.165, 1.54) is 372 Å². The topological polar surface area (TPSA) is 113 Å². The van der Waals surface area contributed by atoms with E-state index < -0.39 is 23.9 Å². The summed E-state index contributed by atoms with van der Waals surface area (Å²) in [7, 11) is 0. The maximum Gasteiger partial charge on any atom is 0.330 e. The summed E-state index contributed by atoms with van der Waals surface area (Å²) >= 11 is 0. The summed E-state index contributed by atoms with van der Waals surface area (Å²) in [6.45, 7) is 39.8. The van der Waals surface area contributed by atoms with Crippen LogP contribution >= 0.6 is 0 Å². The van der Waals surface area contributed by atoms with Gasteiger partial charge in [0.25, 0.3) is 0 Å². The minimum Gasteiger partial charge on any atom is -0.393 e. The molecule has 0 bridgehead atoms. The van der Waals surface area contributed by atoms with Crippen molar-refractivity contribution < 1.29 is 28.7 Å². The fourth-order valence-electron chi connectivity index (χ4n) is 31.4. The maximum atomic E-state index is 16.0. The van der Waals surface area contributed by atoms with Crippen LogP contribution in [0.25, 0.3) is 0 Å². The van der Waals surface area contributed by atoms with Gasteiger partial charge in [-0.1, -0.05) is 455 Å². The van der Waals surface area contributed by atoms with Crippen LogP contribution in [0.2, 0.25) is 0 Å². The van der Waals surface area contributed by atoms with Crippen LogP contribution < -0.4 is 5.73 Å². The lowest BCUT2D eigenvalue weighted by Gasteiger charge is -2.59. The highest BCUT2D eigenvalue weighted by Crippen LogP contribution is 2.71. The Kier molecular flexibility index (Phi) is 53.3. The zero-order valence-electron chi connectivity index (χ0n) is 89.6. The van der Waals surface area contributed by atoms with Crippen molar-refractivity contribution in [2.75, 3.05) is 0 Å². The minimum atomic E-state index is -1.20. The van der Waals surface area contributed by atoms with E-state index in [0.717, 1.165) is 161 Å². The van der Waals surface area contributed by atoms with Crippen LogP contribution in [-0.4, -0.2) is 29.9 Å². The predicted octanol–water partition coefficient (Wildman–Crippen LogP) is 37.9. The van der Waals surface area contributed by atoms with Crippen LogP contribution in [0, 0.1) is 140 Å².